The number of hydrogen-bond acceptors (Lipinski definition) is 7. The van der Waals surface area contributed by atoms with Crippen LogP contribution in [-0.2, 0) is 11.3 Å². The SMILES string of the molecule is COc1cccc(OC)c1-n1c(COC(C)C)nc(=O)c(C(=O)N2CCC(c3c(F)cccc3F)C2)c1O. The number of aromatic hydroxyl groups is 1. The van der Waals surface area contributed by atoms with Gasteiger partial charge >= 0.3 is 0 Å². The monoisotopic (exact) mass is 529 g/mol. The molecule has 38 heavy (non-hydrogen) atoms. The Morgan fingerprint density at radius 2 is 1.71 bits per heavy atom. The summed E-state index contributed by atoms with van der Waals surface area (Å²) in [7, 11) is 2.85. The van der Waals surface area contributed by atoms with Gasteiger partial charge in [0.25, 0.3) is 11.5 Å². The Morgan fingerprint density at radius 1 is 1.11 bits per heavy atom. The molecule has 2 heterocycles. The van der Waals surface area contributed by atoms with E-state index in [0.29, 0.717) is 0 Å². The zero-order valence-electron chi connectivity index (χ0n) is 21.5. The van der Waals surface area contributed by atoms with Crippen LogP contribution in [0.2, 0.25) is 0 Å². The maximum absolute atomic E-state index is 14.4. The molecule has 4 rings (SSSR count). The number of amides is 1. The normalized spacial score (nSPS) is 15.2. The minimum Gasteiger partial charge on any atom is -0.494 e. The van der Waals surface area contributed by atoms with Crippen molar-refractivity contribution in [2.24, 2.45) is 0 Å². The van der Waals surface area contributed by atoms with Gasteiger partial charge in [0.05, 0.1) is 20.3 Å². The van der Waals surface area contributed by atoms with E-state index < -0.39 is 40.5 Å². The van der Waals surface area contributed by atoms with Crippen LogP contribution in [0.5, 0.6) is 17.4 Å². The molecule has 0 bridgehead atoms. The summed E-state index contributed by atoms with van der Waals surface area (Å²) in [6.45, 7) is 3.53. The first-order valence-corrected chi connectivity index (χ1v) is 12.1. The van der Waals surface area contributed by atoms with Crippen LogP contribution in [0.1, 0.15) is 47.9 Å². The van der Waals surface area contributed by atoms with Crippen molar-refractivity contribution < 1.29 is 32.9 Å². The largest absolute Gasteiger partial charge is 0.494 e. The summed E-state index contributed by atoms with van der Waals surface area (Å²) in [4.78, 5) is 32.0. The van der Waals surface area contributed by atoms with E-state index in [1.807, 2.05) is 0 Å². The number of nitrogens with zero attached hydrogens (tertiary/aromatic N) is 3. The van der Waals surface area contributed by atoms with Gasteiger partial charge in [-0.05, 0) is 44.5 Å². The molecule has 1 aliphatic heterocycles. The molecule has 1 atom stereocenters. The second-order valence-corrected chi connectivity index (χ2v) is 9.11. The summed E-state index contributed by atoms with van der Waals surface area (Å²) in [5, 5.41) is 11.4. The average Bonchev–Trinajstić information content (AvgIpc) is 3.36. The molecule has 3 aromatic rings. The Bertz CT molecular complexity index is 1370. The van der Waals surface area contributed by atoms with E-state index in [1.54, 1.807) is 32.0 Å². The Kier molecular flexibility index (Phi) is 7.96. The third-order valence-electron chi connectivity index (χ3n) is 6.41. The second kappa shape index (κ2) is 11.2. The van der Waals surface area contributed by atoms with Crippen LogP contribution < -0.4 is 15.0 Å². The van der Waals surface area contributed by atoms with E-state index in [2.05, 4.69) is 4.98 Å². The van der Waals surface area contributed by atoms with Crippen molar-refractivity contribution in [3.63, 3.8) is 0 Å². The van der Waals surface area contributed by atoms with Crippen molar-refractivity contribution in [1.29, 1.82) is 0 Å². The number of benzene rings is 2. The standard InChI is InChI=1S/C27H29F2N3O6/c1-15(2)38-14-21-30-25(33)23(27(35)32(21)24-19(36-3)9-6-10-20(24)37-4)26(34)31-12-11-16(13-31)22-17(28)7-5-8-18(22)29/h5-10,15-16,35H,11-14H2,1-4H3. The van der Waals surface area contributed by atoms with E-state index >= 15 is 0 Å². The molecule has 11 heteroatoms. The number of methoxy groups -OCH3 is 2. The number of carbonyl (C=O) groups is 1. The van der Waals surface area contributed by atoms with Gasteiger partial charge in [-0.3, -0.25) is 14.2 Å². The van der Waals surface area contributed by atoms with Crippen molar-refractivity contribution in [2.45, 2.75) is 38.9 Å². The molecule has 0 radical (unpaired) electrons. The lowest BCUT2D eigenvalue weighted by Gasteiger charge is -2.23. The predicted molar refractivity (Wildman–Crippen MR) is 134 cm³/mol. The molecule has 1 unspecified atom stereocenters. The lowest BCUT2D eigenvalue weighted by Crippen LogP contribution is -2.35. The van der Waals surface area contributed by atoms with Gasteiger partial charge in [-0.15, -0.1) is 0 Å². The summed E-state index contributed by atoms with van der Waals surface area (Å²) >= 11 is 0. The third-order valence-corrected chi connectivity index (χ3v) is 6.41. The first-order chi connectivity index (χ1) is 18.2. The van der Waals surface area contributed by atoms with Gasteiger partial charge in [0, 0.05) is 24.6 Å². The summed E-state index contributed by atoms with van der Waals surface area (Å²) < 4.78 is 46.5. The predicted octanol–water partition coefficient (Wildman–Crippen LogP) is 3.79. The number of aromatic nitrogens is 2. The molecule has 202 valence electrons. The smallest absolute Gasteiger partial charge is 0.289 e. The summed E-state index contributed by atoms with van der Waals surface area (Å²) in [6.07, 6.45) is 0.0655. The zero-order chi connectivity index (χ0) is 27.6. The molecule has 1 saturated heterocycles. The van der Waals surface area contributed by atoms with Gasteiger partial charge in [0.1, 0.15) is 41.3 Å². The van der Waals surface area contributed by atoms with Gasteiger partial charge < -0.3 is 24.2 Å². The molecule has 0 saturated carbocycles. The van der Waals surface area contributed by atoms with Crippen LogP contribution in [0.15, 0.2) is 41.2 Å². The van der Waals surface area contributed by atoms with Crippen LogP contribution in [0, 0.1) is 11.6 Å². The van der Waals surface area contributed by atoms with Crippen LogP contribution in [0.4, 0.5) is 8.78 Å². The van der Waals surface area contributed by atoms with E-state index in [-0.39, 0.29) is 60.8 Å². The number of carbonyl (C=O) groups excluding carboxylic acids is 1. The minimum atomic E-state index is -0.958. The molecule has 1 aliphatic rings. The highest BCUT2D eigenvalue weighted by Crippen LogP contribution is 2.37. The third kappa shape index (κ3) is 5.06. The molecule has 1 amide bonds. The van der Waals surface area contributed by atoms with Crippen molar-refractivity contribution in [3.8, 4) is 23.1 Å². The second-order valence-electron chi connectivity index (χ2n) is 9.11. The summed E-state index contributed by atoms with van der Waals surface area (Å²) in [6, 6.07) is 8.52. The fourth-order valence-corrected chi connectivity index (χ4v) is 4.60. The zero-order valence-corrected chi connectivity index (χ0v) is 21.5. The highest BCUT2D eigenvalue weighted by molar-refractivity contribution is 5.96. The lowest BCUT2D eigenvalue weighted by atomic mass is 9.97. The highest BCUT2D eigenvalue weighted by Gasteiger charge is 2.35. The summed E-state index contributed by atoms with van der Waals surface area (Å²) in [5.41, 5.74) is -1.43. The van der Waals surface area contributed by atoms with Gasteiger partial charge in [-0.1, -0.05) is 12.1 Å². The highest BCUT2D eigenvalue weighted by atomic mass is 19.1. The Morgan fingerprint density at radius 3 is 2.29 bits per heavy atom. The van der Waals surface area contributed by atoms with Crippen LogP contribution in [0.3, 0.4) is 0 Å². The fourth-order valence-electron chi connectivity index (χ4n) is 4.60. The van der Waals surface area contributed by atoms with E-state index in [4.69, 9.17) is 14.2 Å². The Balaban J connectivity index is 1.81. The fraction of sp³-hybridized carbons (Fsp3) is 0.370. The molecule has 0 spiro atoms. The van der Waals surface area contributed by atoms with Crippen molar-refractivity contribution in [3.05, 3.63) is 75.3 Å². The molecule has 2 aromatic carbocycles. The van der Waals surface area contributed by atoms with Crippen molar-refractivity contribution in [2.75, 3.05) is 27.3 Å². The topological polar surface area (TPSA) is 103 Å². The first-order valence-electron chi connectivity index (χ1n) is 12.1. The molecule has 9 nitrogen and oxygen atoms in total. The van der Waals surface area contributed by atoms with Gasteiger partial charge in [0.15, 0.2) is 5.56 Å². The minimum absolute atomic E-state index is 0.0216. The summed E-state index contributed by atoms with van der Waals surface area (Å²) in [5.74, 6) is -2.91. The first kappa shape index (κ1) is 27.1. The van der Waals surface area contributed by atoms with E-state index in [1.165, 1.54) is 29.8 Å². The maximum Gasteiger partial charge on any atom is 0.289 e. The van der Waals surface area contributed by atoms with Crippen LogP contribution in [0.25, 0.3) is 5.69 Å². The van der Waals surface area contributed by atoms with E-state index in [9.17, 15) is 23.5 Å². The molecule has 1 N–H and O–H groups in total. The molecular formula is C27H29F2N3O6. The molecule has 1 fully saturated rings. The Hall–Kier alpha value is -3.99. The maximum atomic E-state index is 14.4. The van der Waals surface area contributed by atoms with Crippen molar-refractivity contribution in [1.82, 2.24) is 14.5 Å². The molecule has 1 aromatic heterocycles. The quantitative estimate of drug-likeness (QED) is 0.474. The van der Waals surface area contributed by atoms with E-state index in [0.717, 1.165) is 12.1 Å². The van der Waals surface area contributed by atoms with Gasteiger partial charge in [0.2, 0.25) is 5.88 Å². The molecular weight excluding hydrogens is 500 g/mol. The van der Waals surface area contributed by atoms with Gasteiger partial charge in [-0.25, -0.2) is 8.78 Å². The number of halogens is 2. The number of rotatable bonds is 8. The van der Waals surface area contributed by atoms with Gasteiger partial charge in [-0.2, -0.15) is 4.98 Å². The lowest BCUT2D eigenvalue weighted by molar-refractivity contribution is 0.0590. The molecule has 0 aliphatic carbocycles. The Labute approximate surface area is 218 Å². The number of para-hydroxylation sites is 1. The average molecular weight is 530 g/mol. The van der Waals surface area contributed by atoms with Crippen LogP contribution >= 0.6 is 0 Å². The number of ether oxygens (including phenoxy) is 3. The number of likely N-dealkylation sites (tertiary alicyclic amines) is 1. The van der Waals surface area contributed by atoms with Crippen LogP contribution in [-0.4, -0.2) is 58.9 Å². The number of hydrogen-bond donors (Lipinski definition) is 1. The van der Waals surface area contributed by atoms with Crippen molar-refractivity contribution >= 4 is 5.91 Å².